The van der Waals surface area contributed by atoms with Gasteiger partial charge in [-0.1, -0.05) is 5.16 Å². The maximum absolute atomic E-state index is 11.8. The Bertz CT molecular complexity index is 879. The van der Waals surface area contributed by atoms with Gasteiger partial charge >= 0.3 is 5.69 Å². The molecule has 0 atom stereocenters. The van der Waals surface area contributed by atoms with E-state index in [0.717, 1.165) is 0 Å². The van der Waals surface area contributed by atoms with Crippen LogP contribution < -0.4 is 15.2 Å². The number of benzene rings is 1. The Morgan fingerprint density at radius 3 is 2.74 bits per heavy atom. The van der Waals surface area contributed by atoms with Crippen LogP contribution in [0.2, 0.25) is 0 Å². The van der Waals surface area contributed by atoms with E-state index in [4.69, 9.17) is 14.0 Å². The Kier molecular flexibility index (Phi) is 3.83. The summed E-state index contributed by atoms with van der Waals surface area (Å²) < 4.78 is 18.3. The summed E-state index contributed by atoms with van der Waals surface area (Å²) in [6, 6.07) is 5.28. The highest BCUT2D eigenvalue weighted by Crippen LogP contribution is 2.31. The van der Waals surface area contributed by atoms with E-state index in [-0.39, 0.29) is 18.1 Å². The van der Waals surface area contributed by atoms with Crippen LogP contribution in [0, 0.1) is 0 Å². The van der Waals surface area contributed by atoms with Gasteiger partial charge in [-0.15, -0.1) is 0 Å². The van der Waals surface area contributed by atoms with Gasteiger partial charge in [0.05, 0.1) is 19.8 Å². The van der Waals surface area contributed by atoms with Crippen LogP contribution in [0.25, 0.3) is 11.4 Å². The van der Waals surface area contributed by atoms with Crippen LogP contribution in [-0.2, 0) is 13.6 Å². The number of aromatic nitrogens is 5. The van der Waals surface area contributed by atoms with Gasteiger partial charge in [-0.25, -0.2) is 9.48 Å². The van der Waals surface area contributed by atoms with Crippen LogP contribution in [0.5, 0.6) is 11.5 Å². The van der Waals surface area contributed by atoms with Crippen molar-refractivity contribution in [2.24, 2.45) is 7.05 Å². The van der Waals surface area contributed by atoms with Gasteiger partial charge in [-0.2, -0.15) is 10.1 Å². The standard InChI is InChI=1S/C14H15N5O4/c1-18-8-15-19(14(18)20)7-12-16-13(17-23-12)10-5-4-9(21-2)6-11(10)22-3/h4-6,8H,7H2,1-3H3. The van der Waals surface area contributed by atoms with E-state index < -0.39 is 0 Å². The molecular formula is C14H15N5O4. The smallest absolute Gasteiger partial charge is 0.345 e. The Balaban J connectivity index is 1.90. The molecule has 2 heterocycles. The monoisotopic (exact) mass is 317 g/mol. The van der Waals surface area contributed by atoms with Gasteiger partial charge < -0.3 is 14.0 Å². The molecule has 0 N–H and O–H groups in total. The molecule has 0 radical (unpaired) electrons. The fourth-order valence-electron chi connectivity index (χ4n) is 2.07. The van der Waals surface area contributed by atoms with Crippen molar-refractivity contribution in [1.29, 1.82) is 0 Å². The molecule has 0 fully saturated rings. The molecule has 0 spiro atoms. The van der Waals surface area contributed by atoms with Crippen LogP contribution in [0.3, 0.4) is 0 Å². The number of hydrogen-bond donors (Lipinski definition) is 0. The quantitative estimate of drug-likeness (QED) is 0.683. The Labute approximate surface area is 131 Å². The first-order chi connectivity index (χ1) is 11.1. The van der Waals surface area contributed by atoms with E-state index in [0.29, 0.717) is 22.9 Å². The van der Waals surface area contributed by atoms with E-state index in [1.807, 2.05) is 0 Å². The van der Waals surface area contributed by atoms with E-state index in [1.165, 1.54) is 15.6 Å². The number of ether oxygens (including phenoxy) is 2. The van der Waals surface area contributed by atoms with Crippen molar-refractivity contribution in [2.75, 3.05) is 14.2 Å². The number of hydrogen-bond acceptors (Lipinski definition) is 7. The molecule has 9 heteroatoms. The van der Waals surface area contributed by atoms with Gasteiger partial charge in [0.1, 0.15) is 24.4 Å². The van der Waals surface area contributed by atoms with Crippen molar-refractivity contribution < 1.29 is 14.0 Å². The van der Waals surface area contributed by atoms with Gasteiger partial charge in [0.2, 0.25) is 11.7 Å². The van der Waals surface area contributed by atoms with Crippen LogP contribution in [0.4, 0.5) is 0 Å². The summed E-state index contributed by atoms with van der Waals surface area (Å²) in [6.45, 7) is 0.102. The Morgan fingerprint density at radius 2 is 2.09 bits per heavy atom. The maximum atomic E-state index is 11.8. The van der Waals surface area contributed by atoms with Gasteiger partial charge in [0, 0.05) is 13.1 Å². The summed E-state index contributed by atoms with van der Waals surface area (Å²) in [7, 11) is 4.74. The topological polar surface area (TPSA) is 97.2 Å². The highest BCUT2D eigenvalue weighted by atomic mass is 16.5. The molecule has 0 saturated carbocycles. The predicted molar refractivity (Wildman–Crippen MR) is 79.4 cm³/mol. The molecule has 1 aromatic carbocycles. The van der Waals surface area contributed by atoms with Gasteiger partial charge in [-0.3, -0.25) is 4.57 Å². The molecule has 9 nitrogen and oxygen atoms in total. The number of methoxy groups -OCH3 is 2. The van der Waals surface area contributed by atoms with Crippen molar-refractivity contribution in [3.8, 4) is 22.9 Å². The second-order valence-electron chi connectivity index (χ2n) is 4.76. The Morgan fingerprint density at radius 1 is 1.26 bits per heavy atom. The number of rotatable bonds is 5. The van der Waals surface area contributed by atoms with Crippen LogP contribution in [0.15, 0.2) is 33.8 Å². The molecule has 3 aromatic rings. The summed E-state index contributed by atoms with van der Waals surface area (Å²) in [6.07, 6.45) is 1.42. The third-order valence-corrected chi connectivity index (χ3v) is 3.29. The number of aryl methyl sites for hydroxylation is 1. The molecule has 3 rings (SSSR count). The minimum absolute atomic E-state index is 0.102. The minimum atomic E-state index is -0.258. The molecule has 0 aliphatic heterocycles. The minimum Gasteiger partial charge on any atom is -0.497 e. The lowest BCUT2D eigenvalue weighted by atomic mass is 10.2. The van der Waals surface area contributed by atoms with Crippen LogP contribution >= 0.6 is 0 Å². The zero-order chi connectivity index (χ0) is 16.4. The lowest BCUT2D eigenvalue weighted by Crippen LogP contribution is -2.23. The van der Waals surface area contributed by atoms with Crippen molar-refractivity contribution in [3.63, 3.8) is 0 Å². The van der Waals surface area contributed by atoms with Gasteiger partial charge in [0.25, 0.3) is 0 Å². The second-order valence-corrected chi connectivity index (χ2v) is 4.76. The SMILES string of the molecule is COc1ccc(-c2noc(Cn3ncn(C)c3=O)n2)c(OC)c1. The lowest BCUT2D eigenvalue weighted by Gasteiger charge is -2.07. The molecule has 0 bridgehead atoms. The van der Waals surface area contributed by atoms with Gasteiger partial charge in [-0.05, 0) is 12.1 Å². The molecule has 0 unspecified atom stereocenters. The zero-order valence-electron chi connectivity index (χ0n) is 12.9. The first-order valence-electron chi connectivity index (χ1n) is 6.76. The van der Waals surface area contributed by atoms with Crippen molar-refractivity contribution in [2.45, 2.75) is 6.54 Å². The van der Waals surface area contributed by atoms with Crippen LogP contribution in [-0.4, -0.2) is 38.7 Å². The average Bonchev–Trinajstić information content (AvgIpc) is 3.16. The summed E-state index contributed by atoms with van der Waals surface area (Å²) in [4.78, 5) is 16.0. The summed E-state index contributed by atoms with van der Waals surface area (Å²) >= 11 is 0. The molecule has 0 saturated heterocycles. The predicted octanol–water partition coefficient (Wildman–Crippen LogP) is 0.697. The molecule has 23 heavy (non-hydrogen) atoms. The largest absolute Gasteiger partial charge is 0.497 e. The second kappa shape index (κ2) is 5.95. The van der Waals surface area contributed by atoms with E-state index in [1.54, 1.807) is 39.5 Å². The third kappa shape index (κ3) is 2.80. The fourth-order valence-corrected chi connectivity index (χ4v) is 2.07. The lowest BCUT2D eigenvalue weighted by molar-refractivity contribution is 0.363. The molecule has 0 amide bonds. The number of nitrogens with zero attached hydrogens (tertiary/aromatic N) is 5. The van der Waals surface area contributed by atoms with Crippen LogP contribution in [0.1, 0.15) is 5.89 Å². The Hall–Kier alpha value is -3.10. The zero-order valence-corrected chi connectivity index (χ0v) is 12.9. The molecule has 2 aromatic heterocycles. The maximum Gasteiger partial charge on any atom is 0.345 e. The van der Waals surface area contributed by atoms with Gasteiger partial charge in [0.15, 0.2) is 0 Å². The van der Waals surface area contributed by atoms with Crippen molar-refractivity contribution >= 4 is 0 Å². The molecule has 0 aliphatic rings. The van der Waals surface area contributed by atoms with E-state index in [9.17, 15) is 4.79 Å². The summed E-state index contributed by atoms with van der Waals surface area (Å²) in [5.74, 6) is 1.86. The molecule has 120 valence electrons. The molecular weight excluding hydrogens is 302 g/mol. The average molecular weight is 317 g/mol. The molecule has 0 aliphatic carbocycles. The first-order valence-corrected chi connectivity index (χ1v) is 6.76. The fraction of sp³-hybridized carbons (Fsp3) is 0.286. The van der Waals surface area contributed by atoms with E-state index in [2.05, 4.69) is 15.2 Å². The van der Waals surface area contributed by atoms with E-state index >= 15 is 0 Å². The summed E-state index contributed by atoms with van der Waals surface area (Å²) in [5.41, 5.74) is 0.406. The van der Waals surface area contributed by atoms with Crippen molar-refractivity contribution in [1.82, 2.24) is 24.5 Å². The first kappa shape index (κ1) is 14.8. The van der Waals surface area contributed by atoms with Crippen molar-refractivity contribution in [3.05, 3.63) is 40.9 Å². The highest BCUT2D eigenvalue weighted by molar-refractivity contribution is 5.65. The normalized spacial score (nSPS) is 10.7. The summed E-state index contributed by atoms with van der Waals surface area (Å²) in [5, 5.41) is 7.87. The highest BCUT2D eigenvalue weighted by Gasteiger charge is 2.15. The third-order valence-electron chi connectivity index (χ3n) is 3.29.